The molecule has 0 spiro atoms. The highest BCUT2D eigenvalue weighted by Gasteiger charge is 2.09. The lowest BCUT2D eigenvalue weighted by atomic mass is 10.2. The molecular formula is C10H17N3O2. The van der Waals surface area contributed by atoms with Crippen LogP contribution in [0, 0.1) is 0 Å². The highest BCUT2D eigenvalue weighted by Crippen LogP contribution is 2.09. The number of nitrogens with zero attached hydrogens (tertiary/aromatic N) is 2. The summed E-state index contributed by atoms with van der Waals surface area (Å²) in [6.07, 6.45) is 5.09. The van der Waals surface area contributed by atoms with Gasteiger partial charge in [-0.3, -0.25) is 0 Å². The fourth-order valence-electron chi connectivity index (χ4n) is 1.18. The van der Waals surface area contributed by atoms with Gasteiger partial charge in [-0.15, -0.1) is 0 Å². The third-order valence-corrected chi connectivity index (χ3v) is 2.05. The van der Waals surface area contributed by atoms with Crippen LogP contribution in [0.5, 0.6) is 0 Å². The Hall–Kier alpha value is -1.04. The zero-order valence-electron chi connectivity index (χ0n) is 9.14. The van der Waals surface area contributed by atoms with Crippen molar-refractivity contribution in [2.45, 2.75) is 6.04 Å². The predicted octanol–water partition coefficient (Wildman–Crippen LogP) is 0.400. The monoisotopic (exact) mass is 211 g/mol. The summed E-state index contributed by atoms with van der Waals surface area (Å²) in [6, 6.07) is 0.128. The minimum atomic E-state index is 0.128. The number of rotatable bonds is 7. The number of likely N-dealkylation sites (N-methyl/N-ethyl adjacent to an activating group) is 1. The highest BCUT2D eigenvalue weighted by atomic mass is 16.5. The first-order valence-corrected chi connectivity index (χ1v) is 4.87. The van der Waals surface area contributed by atoms with Crippen LogP contribution < -0.4 is 5.32 Å². The number of nitrogens with one attached hydrogen (secondary N) is 1. The van der Waals surface area contributed by atoms with Crippen LogP contribution in [0.15, 0.2) is 18.7 Å². The Bertz CT molecular complexity index is 256. The molecule has 0 aliphatic rings. The minimum Gasteiger partial charge on any atom is -0.382 e. The SMILES string of the molecule is CNC(COCCOC)c1cncnc1. The van der Waals surface area contributed by atoms with Crippen LogP contribution in [0.4, 0.5) is 0 Å². The summed E-state index contributed by atoms with van der Waals surface area (Å²) in [5.41, 5.74) is 1.03. The van der Waals surface area contributed by atoms with Crippen molar-refractivity contribution in [3.63, 3.8) is 0 Å². The molecule has 5 nitrogen and oxygen atoms in total. The van der Waals surface area contributed by atoms with E-state index in [2.05, 4.69) is 15.3 Å². The smallest absolute Gasteiger partial charge is 0.115 e. The van der Waals surface area contributed by atoms with Crippen molar-refractivity contribution in [2.24, 2.45) is 0 Å². The van der Waals surface area contributed by atoms with Crippen LogP contribution in [0.2, 0.25) is 0 Å². The summed E-state index contributed by atoms with van der Waals surface area (Å²) in [5.74, 6) is 0. The van der Waals surface area contributed by atoms with Gasteiger partial charge in [0.1, 0.15) is 6.33 Å². The maximum Gasteiger partial charge on any atom is 0.115 e. The molecule has 0 saturated heterocycles. The van der Waals surface area contributed by atoms with Crippen molar-refractivity contribution in [3.8, 4) is 0 Å². The molecule has 1 aromatic rings. The Morgan fingerprint density at radius 3 is 2.67 bits per heavy atom. The van der Waals surface area contributed by atoms with Crippen molar-refractivity contribution >= 4 is 0 Å². The zero-order chi connectivity index (χ0) is 10.9. The van der Waals surface area contributed by atoms with Gasteiger partial charge < -0.3 is 14.8 Å². The molecule has 0 amide bonds. The Morgan fingerprint density at radius 1 is 1.33 bits per heavy atom. The number of hydrogen-bond donors (Lipinski definition) is 1. The minimum absolute atomic E-state index is 0.128. The van der Waals surface area contributed by atoms with Crippen LogP contribution in [0.3, 0.4) is 0 Å². The third kappa shape index (κ3) is 4.33. The third-order valence-electron chi connectivity index (χ3n) is 2.05. The molecule has 1 aromatic heterocycles. The molecule has 15 heavy (non-hydrogen) atoms. The van der Waals surface area contributed by atoms with Crippen LogP contribution in [0.25, 0.3) is 0 Å². The molecule has 0 aliphatic carbocycles. The van der Waals surface area contributed by atoms with E-state index in [1.54, 1.807) is 19.5 Å². The van der Waals surface area contributed by atoms with Gasteiger partial charge in [-0.25, -0.2) is 9.97 Å². The molecule has 1 heterocycles. The van der Waals surface area contributed by atoms with E-state index < -0.39 is 0 Å². The molecule has 1 unspecified atom stereocenters. The molecular weight excluding hydrogens is 194 g/mol. The Kier molecular flexibility index (Phi) is 5.84. The maximum absolute atomic E-state index is 5.44. The number of hydrogen-bond acceptors (Lipinski definition) is 5. The first kappa shape index (κ1) is 12.0. The van der Waals surface area contributed by atoms with E-state index in [4.69, 9.17) is 9.47 Å². The van der Waals surface area contributed by atoms with Gasteiger partial charge in [0.05, 0.1) is 25.9 Å². The van der Waals surface area contributed by atoms with Gasteiger partial charge in [0.25, 0.3) is 0 Å². The summed E-state index contributed by atoms with van der Waals surface area (Å²) >= 11 is 0. The second-order valence-corrected chi connectivity index (χ2v) is 3.08. The molecule has 5 heteroatoms. The average Bonchev–Trinajstić information content (AvgIpc) is 2.30. The summed E-state index contributed by atoms with van der Waals surface area (Å²) in [7, 11) is 3.54. The molecule has 84 valence electrons. The Labute approximate surface area is 89.8 Å². The normalized spacial score (nSPS) is 12.7. The quantitative estimate of drug-likeness (QED) is 0.662. The lowest BCUT2D eigenvalue weighted by Crippen LogP contribution is -2.23. The summed E-state index contributed by atoms with van der Waals surface area (Å²) in [4.78, 5) is 7.93. The van der Waals surface area contributed by atoms with Gasteiger partial charge in [0.15, 0.2) is 0 Å². The van der Waals surface area contributed by atoms with Crippen molar-refractivity contribution < 1.29 is 9.47 Å². The van der Waals surface area contributed by atoms with E-state index >= 15 is 0 Å². The largest absolute Gasteiger partial charge is 0.382 e. The topological polar surface area (TPSA) is 56.3 Å². The summed E-state index contributed by atoms with van der Waals surface area (Å²) in [6.45, 7) is 1.80. The van der Waals surface area contributed by atoms with Crippen LogP contribution in [0.1, 0.15) is 11.6 Å². The van der Waals surface area contributed by atoms with Gasteiger partial charge in [-0.2, -0.15) is 0 Å². The van der Waals surface area contributed by atoms with Gasteiger partial charge in [0, 0.05) is 25.1 Å². The number of methoxy groups -OCH3 is 1. The first-order chi connectivity index (χ1) is 7.38. The molecule has 0 fully saturated rings. The molecule has 1 atom stereocenters. The summed E-state index contributed by atoms with van der Waals surface area (Å²) in [5, 5.41) is 3.15. The van der Waals surface area contributed by atoms with E-state index in [0.717, 1.165) is 5.56 Å². The fraction of sp³-hybridized carbons (Fsp3) is 0.600. The molecule has 0 aromatic carbocycles. The van der Waals surface area contributed by atoms with E-state index in [0.29, 0.717) is 19.8 Å². The lowest BCUT2D eigenvalue weighted by molar-refractivity contribution is 0.0595. The van der Waals surface area contributed by atoms with Crippen LogP contribution in [-0.2, 0) is 9.47 Å². The molecule has 0 saturated carbocycles. The molecule has 0 radical (unpaired) electrons. The molecule has 0 bridgehead atoms. The van der Waals surface area contributed by atoms with Crippen LogP contribution >= 0.6 is 0 Å². The van der Waals surface area contributed by atoms with Gasteiger partial charge in [-0.05, 0) is 7.05 Å². The first-order valence-electron chi connectivity index (χ1n) is 4.87. The lowest BCUT2D eigenvalue weighted by Gasteiger charge is -2.15. The molecule has 1 N–H and O–H groups in total. The maximum atomic E-state index is 5.44. The van der Waals surface area contributed by atoms with Crippen molar-refractivity contribution in [1.29, 1.82) is 0 Å². The average molecular weight is 211 g/mol. The van der Waals surface area contributed by atoms with Gasteiger partial charge in [-0.1, -0.05) is 0 Å². The van der Waals surface area contributed by atoms with Crippen molar-refractivity contribution in [3.05, 3.63) is 24.3 Å². The standard InChI is InChI=1S/C10H17N3O2/c1-11-10(7-15-4-3-14-2)9-5-12-8-13-6-9/h5-6,8,10-11H,3-4,7H2,1-2H3. The van der Waals surface area contributed by atoms with E-state index in [-0.39, 0.29) is 6.04 Å². The van der Waals surface area contributed by atoms with Gasteiger partial charge in [0.2, 0.25) is 0 Å². The van der Waals surface area contributed by atoms with E-state index in [1.165, 1.54) is 6.33 Å². The summed E-state index contributed by atoms with van der Waals surface area (Å²) < 4.78 is 10.3. The second kappa shape index (κ2) is 7.28. The van der Waals surface area contributed by atoms with Crippen LogP contribution in [-0.4, -0.2) is 43.9 Å². The predicted molar refractivity (Wildman–Crippen MR) is 56.5 cm³/mol. The number of ether oxygens (including phenoxy) is 2. The molecule has 0 aliphatic heterocycles. The van der Waals surface area contributed by atoms with E-state index in [9.17, 15) is 0 Å². The second-order valence-electron chi connectivity index (χ2n) is 3.08. The Balaban J connectivity index is 2.36. The number of aromatic nitrogens is 2. The molecule has 1 rings (SSSR count). The van der Waals surface area contributed by atoms with E-state index in [1.807, 2.05) is 7.05 Å². The van der Waals surface area contributed by atoms with Gasteiger partial charge >= 0.3 is 0 Å². The van der Waals surface area contributed by atoms with Crippen molar-refractivity contribution in [2.75, 3.05) is 34.0 Å². The fourth-order valence-corrected chi connectivity index (χ4v) is 1.18. The highest BCUT2D eigenvalue weighted by molar-refractivity contribution is 5.08. The zero-order valence-corrected chi connectivity index (χ0v) is 9.14. The van der Waals surface area contributed by atoms with Crippen molar-refractivity contribution in [1.82, 2.24) is 15.3 Å². The Morgan fingerprint density at radius 2 is 2.07 bits per heavy atom.